The quantitative estimate of drug-likeness (QED) is 0.368. The van der Waals surface area contributed by atoms with Gasteiger partial charge in [0.2, 0.25) is 0 Å². The summed E-state index contributed by atoms with van der Waals surface area (Å²) in [5, 5.41) is 0. The molecule has 4 heavy (non-hydrogen) atoms. The van der Waals surface area contributed by atoms with Crippen molar-refractivity contribution in [1.29, 1.82) is 0 Å². The molecule has 0 amide bonds. The predicted octanol–water partition coefficient (Wildman–Crippen LogP) is 0.590. The molecule has 0 aliphatic carbocycles. The first-order valence-corrected chi connectivity index (χ1v) is 0. The molecule has 0 saturated carbocycles. The molecule has 0 aromatic heterocycles. The van der Waals surface area contributed by atoms with E-state index in [0.29, 0.717) is 0 Å². The van der Waals surface area contributed by atoms with E-state index in [2.05, 4.69) is 0 Å². The molecule has 0 N–H and O–H groups in total. The van der Waals surface area contributed by atoms with E-state index in [1.165, 1.54) is 0 Å². The van der Waals surface area contributed by atoms with Crippen molar-refractivity contribution in [2.45, 2.75) is 0 Å². The molecule has 0 nitrogen and oxygen atoms in total. The van der Waals surface area contributed by atoms with Crippen molar-refractivity contribution in [2.75, 3.05) is 0 Å². The molecule has 0 saturated heterocycles. The van der Waals surface area contributed by atoms with E-state index in [4.69, 9.17) is 0 Å². The third-order valence-corrected chi connectivity index (χ3v) is 0. The minimum absolute atomic E-state index is 0. The Balaban J connectivity index is 0. The van der Waals surface area contributed by atoms with Gasteiger partial charge in [-0.15, -0.1) is 12.4 Å². The van der Waals surface area contributed by atoms with Crippen molar-refractivity contribution in [3.63, 3.8) is 0 Å². The number of hydrogen-bond donors (Lipinski definition) is 0. The first-order valence-electron chi connectivity index (χ1n) is 0. The van der Waals surface area contributed by atoms with Crippen LogP contribution < -0.4 is 0 Å². The van der Waals surface area contributed by atoms with Gasteiger partial charge < -0.3 is 0 Å². The van der Waals surface area contributed by atoms with Crippen LogP contribution in [-0.2, 0) is 19.5 Å². The van der Waals surface area contributed by atoms with Crippen molar-refractivity contribution in [2.24, 2.45) is 0 Å². The Morgan fingerprint density at radius 1 is 1.00 bits per heavy atom. The molecule has 26 valence electrons. The summed E-state index contributed by atoms with van der Waals surface area (Å²) < 4.78 is 0. The van der Waals surface area contributed by atoms with Crippen LogP contribution in [0, 0.1) is 0 Å². The maximum Gasteiger partial charge on any atom is 0 e. The van der Waals surface area contributed by atoms with Crippen LogP contribution in [0.4, 0.5) is 0 Å². The predicted molar refractivity (Wildman–Crippen MR) is 28.7 cm³/mol. The monoisotopic (exact) mass is 168 g/mol. The summed E-state index contributed by atoms with van der Waals surface area (Å²) in [5.74, 6) is 0. The summed E-state index contributed by atoms with van der Waals surface area (Å²) in [6.45, 7) is 0. The number of hydrogen-bond acceptors (Lipinski definition) is 0. The van der Waals surface area contributed by atoms with Crippen molar-refractivity contribution in [3.05, 3.63) is 0 Å². The summed E-state index contributed by atoms with van der Waals surface area (Å²) in [6, 6.07) is 0. The molecule has 0 bridgehead atoms. The van der Waals surface area contributed by atoms with E-state index in [0.717, 1.165) is 0 Å². The first-order chi connectivity index (χ1) is 0. The third kappa shape index (κ3) is 9.34. The second-order valence-electron chi connectivity index (χ2n) is 0. The maximum absolute atomic E-state index is 0. The SMILES string of the molecule is Cl.P.S.[Zn]. The molecule has 0 rings (SSSR count). The van der Waals surface area contributed by atoms with E-state index in [1.807, 2.05) is 0 Å². The molecule has 0 aliphatic rings. The van der Waals surface area contributed by atoms with Gasteiger partial charge in [-0.05, 0) is 0 Å². The van der Waals surface area contributed by atoms with Gasteiger partial charge in [-0.2, -0.15) is 23.4 Å². The molecule has 1 atom stereocenters. The average Bonchev–Trinajstić information content (AvgIpc) is 0. The van der Waals surface area contributed by atoms with Crippen molar-refractivity contribution in [3.8, 4) is 0 Å². The van der Waals surface area contributed by atoms with Gasteiger partial charge in [0.1, 0.15) is 0 Å². The van der Waals surface area contributed by atoms with Crippen LogP contribution in [0.5, 0.6) is 0 Å². The molecule has 0 fully saturated rings. The van der Waals surface area contributed by atoms with E-state index >= 15 is 0 Å². The van der Waals surface area contributed by atoms with Gasteiger partial charge in [-0.25, -0.2) is 0 Å². The third-order valence-electron chi connectivity index (χ3n) is 0. The van der Waals surface area contributed by atoms with Gasteiger partial charge in [0, 0.05) is 19.5 Å². The van der Waals surface area contributed by atoms with Crippen molar-refractivity contribution in [1.82, 2.24) is 0 Å². The van der Waals surface area contributed by atoms with Crippen LogP contribution in [0.2, 0.25) is 0 Å². The molecule has 0 aromatic carbocycles. The zero-order chi connectivity index (χ0) is 0. The largest absolute Gasteiger partial charge is 0.197 e. The standard InChI is InChI=1S/ClH.H3P.H2S.Zn/h1H;1H3;1H2;. The molecular weight excluding hydrogens is 164 g/mol. The first kappa shape index (κ1) is 43.7. The fraction of sp³-hybridized carbons (Fsp3) is 0. The Labute approximate surface area is 55.3 Å². The number of halogens is 1. The topological polar surface area (TPSA) is 0 Å². The van der Waals surface area contributed by atoms with Gasteiger partial charge in [0.15, 0.2) is 0 Å². The van der Waals surface area contributed by atoms with Gasteiger partial charge in [0.25, 0.3) is 0 Å². The Kier molecular flexibility index (Phi) is 244. The van der Waals surface area contributed by atoms with E-state index in [9.17, 15) is 0 Å². The Morgan fingerprint density at radius 2 is 1.00 bits per heavy atom. The molecular formula is H6ClPSZn. The molecule has 0 aromatic rings. The second kappa shape index (κ2) is 22.3. The van der Waals surface area contributed by atoms with Gasteiger partial charge in [-0.1, -0.05) is 0 Å². The summed E-state index contributed by atoms with van der Waals surface area (Å²) in [6.07, 6.45) is 0. The normalized spacial score (nSPS) is 0. The maximum atomic E-state index is 0. The van der Waals surface area contributed by atoms with Gasteiger partial charge in [-0.3, -0.25) is 0 Å². The Bertz CT molecular complexity index is 8.00. The molecule has 0 spiro atoms. The van der Waals surface area contributed by atoms with Crippen LogP contribution in [-0.4, -0.2) is 0 Å². The summed E-state index contributed by atoms with van der Waals surface area (Å²) in [5.41, 5.74) is 0. The molecule has 0 heterocycles. The van der Waals surface area contributed by atoms with Crippen molar-refractivity contribution >= 4 is 35.8 Å². The molecule has 1 unspecified atom stereocenters. The zero-order valence-corrected chi connectivity index (χ0v) is 8.52. The number of rotatable bonds is 0. The fourth-order valence-corrected chi connectivity index (χ4v) is 0. The molecule has 0 aliphatic heterocycles. The van der Waals surface area contributed by atoms with Crippen LogP contribution in [0.1, 0.15) is 0 Å². The summed E-state index contributed by atoms with van der Waals surface area (Å²) in [4.78, 5) is 0. The second-order valence-corrected chi connectivity index (χ2v) is 0. The molecule has 4 heteroatoms. The van der Waals surface area contributed by atoms with Gasteiger partial charge in [0.05, 0.1) is 0 Å². The average molecular weight is 170 g/mol. The van der Waals surface area contributed by atoms with Crippen LogP contribution in [0.25, 0.3) is 0 Å². The Morgan fingerprint density at radius 3 is 1.00 bits per heavy atom. The summed E-state index contributed by atoms with van der Waals surface area (Å²) in [7, 11) is 0. The minimum atomic E-state index is 0. The minimum Gasteiger partial charge on any atom is -0.197 e. The van der Waals surface area contributed by atoms with E-state index in [1.54, 1.807) is 0 Å². The fourth-order valence-electron chi connectivity index (χ4n) is 0. The van der Waals surface area contributed by atoms with Crippen LogP contribution in [0.3, 0.4) is 0 Å². The Hall–Kier alpha value is 1.69. The van der Waals surface area contributed by atoms with Gasteiger partial charge >= 0.3 is 0 Å². The smallest absolute Gasteiger partial charge is 0 e. The van der Waals surface area contributed by atoms with E-state index < -0.39 is 0 Å². The van der Waals surface area contributed by atoms with Crippen LogP contribution in [0.15, 0.2) is 0 Å². The summed E-state index contributed by atoms with van der Waals surface area (Å²) >= 11 is 0. The van der Waals surface area contributed by atoms with Crippen molar-refractivity contribution < 1.29 is 19.5 Å². The zero-order valence-electron chi connectivity index (χ0n) is 2.32. The van der Waals surface area contributed by atoms with E-state index in [-0.39, 0.29) is 55.3 Å². The van der Waals surface area contributed by atoms with Crippen LogP contribution >= 0.6 is 35.8 Å². The molecule has 0 radical (unpaired) electrons.